The van der Waals surface area contributed by atoms with Crippen molar-refractivity contribution in [3.05, 3.63) is 100 Å². The summed E-state index contributed by atoms with van der Waals surface area (Å²) < 4.78 is 6.25. The lowest BCUT2D eigenvalue weighted by atomic mass is 9.93. The lowest BCUT2D eigenvalue weighted by Gasteiger charge is -2.36. The van der Waals surface area contributed by atoms with Crippen molar-refractivity contribution in [2.45, 2.75) is 39.5 Å². The number of pyridine rings is 2. The highest BCUT2D eigenvalue weighted by atomic mass is 35.5. The van der Waals surface area contributed by atoms with Crippen LogP contribution in [0.1, 0.15) is 28.7 Å². The zero-order valence-electron chi connectivity index (χ0n) is 27.9. The third-order valence-electron chi connectivity index (χ3n) is 9.97. The highest BCUT2D eigenvalue weighted by molar-refractivity contribution is 6.34. The second kappa shape index (κ2) is 13.1. The molecular formula is C39H37ClN6O4. The van der Waals surface area contributed by atoms with E-state index in [0.717, 1.165) is 75.0 Å². The summed E-state index contributed by atoms with van der Waals surface area (Å²) in [6.07, 6.45) is 4.27. The molecule has 0 spiro atoms. The molecule has 2 saturated heterocycles. The van der Waals surface area contributed by atoms with Gasteiger partial charge >= 0.3 is 5.97 Å². The summed E-state index contributed by atoms with van der Waals surface area (Å²) in [7, 11) is 0. The monoisotopic (exact) mass is 688 g/mol. The molecule has 5 heterocycles. The van der Waals surface area contributed by atoms with Gasteiger partial charge in [-0.1, -0.05) is 35.9 Å². The first kappa shape index (κ1) is 32.3. The third-order valence-corrected chi connectivity index (χ3v) is 10.2. The molecule has 1 unspecified atom stereocenters. The molecule has 0 radical (unpaired) electrons. The van der Waals surface area contributed by atoms with Gasteiger partial charge < -0.3 is 19.9 Å². The van der Waals surface area contributed by atoms with Gasteiger partial charge in [-0.05, 0) is 90.0 Å². The van der Waals surface area contributed by atoms with Crippen LogP contribution in [0.4, 0.5) is 11.5 Å². The smallest absolute Gasteiger partial charge is 0.309 e. The van der Waals surface area contributed by atoms with E-state index in [1.165, 1.54) is 0 Å². The molecule has 10 nitrogen and oxygen atoms in total. The summed E-state index contributed by atoms with van der Waals surface area (Å²) in [6.45, 7) is 8.18. The second-order valence-electron chi connectivity index (χ2n) is 13.5. The Morgan fingerprint density at radius 3 is 2.48 bits per heavy atom. The van der Waals surface area contributed by atoms with Gasteiger partial charge in [-0.15, -0.1) is 0 Å². The molecule has 6 aromatic rings. The molecular weight excluding hydrogens is 652 g/mol. The topological polar surface area (TPSA) is 128 Å². The first-order valence-corrected chi connectivity index (χ1v) is 17.2. The van der Waals surface area contributed by atoms with Crippen LogP contribution in [0, 0.1) is 19.8 Å². The maximum atomic E-state index is 11.2. The number of halogens is 1. The minimum atomic E-state index is -0.754. The van der Waals surface area contributed by atoms with Crippen LogP contribution in [0.5, 0.6) is 0 Å². The maximum Gasteiger partial charge on any atom is 0.309 e. The summed E-state index contributed by atoms with van der Waals surface area (Å²) >= 11 is 6.67. The number of carboxylic acid groups (broad SMARTS) is 1. The van der Waals surface area contributed by atoms with E-state index in [1.54, 1.807) is 6.20 Å². The second-order valence-corrected chi connectivity index (χ2v) is 13.9. The predicted octanol–water partition coefficient (Wildman–Crippen LogP) is 7.20. The number of nitrogens with one attached hydrogen (secondary N) is 1. The summed E-state index contributed by atoms with van der Waals surface area (Å²) in [4.78, 5) is 29.9. The summed E-state index contributed by atoms with van der Waals surface area (Å²) in [6, 6.07) is 20.3. The number of aliphatic hydroxyl groups excluding tert-OH is 1. The fourth-order valence-corrected chi connectivity index (χ4v) is 7.49. The largest absolute Gasteiger partial charge is 0.481 e. The summed E-state index contributed by atoms with van der Waals surface area (Å²) in [5, 5.41) is 24.2. The first-order chi connectivity index (χ1) is 24.2. The van der Waals surface area contributed by atoms with Crippen molar-refractivity contribution in [3.8, 4) is 22.6 Å². The van der Waals surface area contributed by atoms with E-state index in [-0.39, 0.29) is 12.0 Å². The highest BCUT2D eigenvalue weighted by Crippen LogP contribution is 2.38. The summed E-state index contributed by atoms with van der Waals surface area (Å²) in [5.74, 6) is 0.114. The number of β-amino-alcohol motifs (C(OH)–C–C–N with tert-alkyl or cyclic N) is 1. The number of anilines is 2. The van der Waals surface area contributed by atoms with Crippen LogP contribution in [-0.2, 0) is 17.9 Å². The van der Waals surface area contributed by atoms with Crippen molar-refractivity contribution in [1.82, 2.24) is 24.8 Å². The Morgan fingerprint density at radius 1 is 0.940 bits per heavy atom. The molecule has 0 amide bonds. The van der Waals surface area contributed by atoms with Crippen LogP contribution in [0.25, 0.3) is 44.6 Å². The molecule has 2 aliphatic rings. The number of carboxylic acids is 1. The minimum Gasteiger partial charge on any atom is -0.481 e. The average Bonchev–Trinajstić information content (AvgIpc) is 3.69. The van der Waals surface area contributed by atoms with Gasteiger partial charge in [0.25, 0.3) is 0 Å². The number of aliphatic carboxylic acids is 1. The van der Waals surface area contributed by atoms with Gasteiger partial charge in [-0.2, -0.15) is 0 Å². The number of likely N-dealkylation sites (tertiary alicyclic amines) is 2. The SMILES string of the molecule is Cc1c(Nc2nccc3cc(CN4CCC(O)C4)cnc23)cccc1-c1cccc(-c2nc3cc(CN4CC(C(=O)O)C4)cc(Cl)c3o2)c1C. The third kappa shape index (κ3) is 6.20. The molecule has 0 aliphatic carbocycles. The minimum absolute atomic E-state index is 0.248. The number of benzene rings is 3. The molecule has 254 valence electrons. The number of rotatable bonds is 9. The normalized spacial score (nSPS) is 17.1. The van der Waals surface area contributed by atoms with Gasteiger partial charge in [0.15, 0.2) is 11.4 Å². The van der Waals surface area contributed by atoms with E-state index in [9.17, 15) is 15.0 Å². The van der Waals surface area contributed by atoms with Crippen molar-refractivity contribution < 1.29 is 19.4 Å². The van der Waals surface area contributed by atoms with Crippen LogP contribution >= 0.6 is 11.6 Å². The zero-order valence-corrected chi connectivity index (χ0v) is 28.6. The van der Waals surface area contributed by atoms with E-state index < -0.39 is 5.97 Å². The number of nitrogens with zero attached hydrogens (tertiary/aromatic N) is 5. The fourth-order valence-electron chi connectivity index (χ4n) is 7.21. The molecule has 2 aliphatic heterocycles. The molecule has 50 heavy (non-hydrogen) atoms. The van der Waals surface area contributed by atoms with Crippen molar-refractivity contribution in [1.29, 1.82) is 0 Å². The van der Waals surface area contributed by atoms with Crippen LogP contribution in [-0.4, -0.2) is 73.2 Å². The lowest BCUT2D eigenvalue weighted by Crippen LogP contribution is -2.49. The van der Waals surface area contributed by atoms with Gasteiger partial charge in [-0.25, -0.2) is 9.97 Å². The van der Waals surface area contributed by atoms with Gasteiger partial charge in [0.1, 0.15) is 11.0 Å². The molecule has 2 fully saturated rings. The fraction of sp³-hybridized carbons (Fsp3) is 0.282. The van der Waals surface area contributed by atoms with Crippen LogP contribution in [0.15, 0.2) is 77.5 Å². The highest BCUT2D eigenvalue weighted by Gasteiger charge is 2.32. The Hall–Kier alpha value is -4.87. The van der Waals surface area contributed by atoms with Crippen molar-refractivity contribution in [2.24, 2.45) is 5.92 Å². The Kier molecular flexibility index (Phi) is 8.48. The van der Waals surface area contributed by atoms with Gasteiger partial charge in [0.2, 0.25) is 5.89 Å². The van der Waals surface area contributed by atoms with Crippen molar-refractivity contribution in [2.75, 3.05) is 31.5 Å². The van der Waals surface area contributed by atoms with Crippen LogP contribution in [0.2, 0.25) is 5.02 Å². The molecule has 8 rings (SSSR count). The quantitative estimate of drug-likeness (QED) is 0.143. The average molecular weight is 689 g/mol. The van der Waals surface area contributed by atoms with Crippen LogP contribution in [0.3, 0.4) is 0 Å². The number of oxazole rings is 1. The van der Waals surface area contributed by atoms with Gasteiger partial charge in [-0.3, -0.25) is 19.6 Å². The van der Waals surface area contributed by atoms with Gasteiger partial charge in [0.05, 0.1) is 17.0 Å². The van der Waals surface area contributed by atoms with E-state index in [2.05, 4.69) is 52.1 Å². The number of hydrogen-bond acceptors (Lipinski definition) is 9. The number of hydrogen-bond donors (Lipinski definition) is 3. The Balaban J connectivity index is 1.05. The molecule has 11 heteroatoms. The van der Waals surface area contributed by atoms with E-state index in [0.29, 0.717) is 54.0 Å². The van der Waals surface area contributed by atoms with Crippen molar-refractivity contribution in [3.63, 3.8) is 0 Å². The predicted molar refractivity (Wildman–Crippen MR) is 194 cm³/mol. The van der Waals surface area contributed by atoms with E-state index >= 15 is 0 Å². The Bertz CT molecular complexity index is 2270. The summed E-state index contributed by atoms with van der Waals surface area (Å²) in [5.41, 5.74) is 10.1. The van der Waals surface area contributed by atoms with Gasteiger partial charge in [0, 0.05) is 68.3 Å². The molecule has 0 bridgehead atoms. The number of aliphatic hydroxyl groups is 1. The lowest BCUT2D eigenvalue weighted by molar-refractivity contribution is -0.147. The molecule has 1 atom stereocenters. The number of fused-ring (bicyclic) bond motifs is 2. The Labute approximate surface area is 294 Å². The Morgan fingerprint density at radius 2 is 1.70 bits per heavy atom. The zero-order chi connectivity index (χ0) is 34.5. The number of aromatic nitrogens is 3. The standard InChI is InChI=1S/C39H37ClN6O4/c1-22-29(5-3-7-31(22)38-44-34-15-24(14-32(40)36(34)50-38)17-46-19-27(20-46)39(48)49)30-6-4-8-33(23(30)2)43-37-35-26(9-11-41-37)13-25(16-42-35)18-45-12-10-28(47)21-45/h3-9,11,13-16,27-28,47H,10,12,17-21H2,1-2H3,(H,41,43)(H,48,49). The molecule has 3 N–H and O–H groups in total. The van der Waals surface area contributed by atoms with Crippen molar-refractivity contribution >= 4 is 51.1 Å². The number of carbonyl (C=O) groups is 1. The van der Waals surface area contributed by atoms with Crippen LogP contribution < -0.4 is 5.32 Å². The molecule has 3 aromatic carbocycles. The molecule has 0 saturated carbocycles. The molecule has 3 aromatic heterocycles. The first-order valence-electron chi connectivity index (χ1n) is 16.9. The van der Waals surface area contributed by atoms with E-state index in [4.69, 9.17) is 26.0 Å². The maximum absolute atomic E-state index is 11.2. The van der Waals surface area contributed by atoms with E-state index in [1.807, 2.05) is 48.7 Å².